The number of para-hydroxylation sites is 1. The molecule has 0 spiro atoms. The number of hydrogen-bond donors (Lipinski definition) is 1. The van der Waals surface area contributed by atoms with Crippen LogP contribution in [0.15, 0.2) is 64.1 Å². The molecule has 0 aliphatic carbocycles. The van der Waals surface area contributed by atoms with Crippen LogP contribution in [0, 0.1) is 10.1 Å². The number of hydrazone groups is 1. The Balaban J connectivity index is 1.60. The lowest BCUT2D eigenvalue weighted by atomic mass is 9.86. The van der Waals surface area contributed by atoms with Crippen LogP contribution in [0.2, 0.25) is 5.02 Å². The molecule has 166 valence electrons. The maximum absolute atomic E-state index is 12.1. The van der Waals surface area contributed by atoms with Gasteiger partial charge in [0.05, 0.1) is 16.2 Å². The van der Waals surface area contributed by atoms with Crippen molar-refractivity contribution >= 4 is 29.4 Å². The highest BCUT2D eigenvalue weighted by atomic mass is 35.5. The first-order valence-corrected chi connectivity index (χ1v) is 10.1. The second kappa shape index (κ2) is 9.65. The number of rotatable bonds is 7. The molecule has 0 aliphatic heterocycles. The molecule has 3 rings (SSSR count). The summed E-state index contributed by atoms with van der Waals surface area (Å²) in [5, 5.41) is 15.2. The molecule has 2 aromatic carbocycles. The minimum absolute atomic E-state index is 0.101. The normalized spacial score (nSPS) is 11.5. The largest absolute Gasteiger partial charge is 0.483 e. The van der Waals surface area contributed by atoms with Gasteiger partial charge < -0.3 is 9.15 Å². The summed E-state index contributed by atoms with van der Waals surface area (Å²) >= 11 is 6.13. The highest BCUT2D eigenvalue weighted by Crippen LogP contribution is 2.32. The fourth-order valence-electron chi connectivity index (χ4n) is 2.94. The quantitative estimate of drug-likeness (QED) is 0.294. The third kappa shape index (κ3) is 5.73. The van der Waals surface area contributed by atoms with Gasteiger partial charge in [-0.25, -0.2) is 5.43 Å². The summed E-state index contributed by atoms with van der Waals surface area (Å²) < 4.78 is 11.3. The van der Waals surface area contributed by atoms with Crippen molar-refractivity contribution in [3.8, 4) is 17.1 Å². The predicted molar refractivity (Wildman–Crippen MR) is 122 cm³/mol. The SMILES string of the molecule is CC(C)(C)c1ccccc1OCC(=O)NN=Cc1ccc(-c2cc([N+](=O)[O-])ccc2Cl)o1. The second-order valence-electron chi connectivity index (χ2n) is 7.95. The molecule has 8 nitrogen and oxygen atoms in total. The third-order valence-electron chi connectivity index (χ3n) is 4.49. The van der Waals surface area contributed by atoms with Crippen LogP contribution in [0.1, 0.15) is 32.1 Å². The van der Waals surface area contributed by atoms with E-state index in [4.69, 9.17) is 20.8 Å². The number of carbonyl (C=O) groups excluding carboxylic acids is 1. The molecule has 1 aromatic heterocycles. The van der Waals surface area contributed by atoms with E-state index in [1.807, 2.05) is 24.3 Å². The van der Waals surface area contributed by atoms with E-state index < -0.39 is 10.8 Å². The van der Waals surface area contributed by atoms with Gasteiger partial charge >= 0.3 is 0 Å². The van der Waals surface area contributed by atoms with Crippen LogP contribution in [-0.2, 0) is 10.2 Å². The van der Waals surface area contributed by atoms with Crippen LogP contribution in [-0.4, -0.2) is 23.7 Å². The zero-order valence-electron chi connectivity index (χ0n) is 17.8. The standard InChI is InChI=1S/C23H22ClN3O5/c1-23(2,3)18-6-4-5-7-21(18)31-14-22(28)26-25-13-16-9-11-20(32-16)17-12-15(27(29)30)8-10-19(17)24/h4-13H,14H2,1-3H3,(H,26,28). The van der Waals surface area contributed by atoms with Crippen molar-refractivity contribution in [3.63, 3.8) is 0 Å². The molecule has 0 saturated heterocycles. The molecule has 0 atom stereocenters. The van der Waals surface area contributed by atoms with Crippen LogP contribution in [0.25, 0.3) is 11.3 Å². The van der Waals surface area contributed by atoms with Gasteiger partial charge in [-0.2, -0.15) is 5.10 Å². The summed E-state index contributed by atoms with van der Waals surface area (Å²) in [6.45, 7) is 6.01. The van der Waals surface area contributed by atoms with Crippen molar-refractivity contribution in [2.45, 2.75) is 26.2 Å². The zero-order valence-corrected chi connectivity index (χ0v) is 18.6. The molecule has 0 aliphatic rings. The third-order valence-corrected chi connectivity index (χ3v) is 4.82. The smallest absolute Gasteiger partial charge is 0.277 e. The molecular weight excluding hydrogens is 434 g/mol. The van der Waals surface area contributed by atoms with E-state index >= 15 is 0 Å². The van der Waals surface area contributed by atoms with Gasteiger partial charge in [-0.1, -0.05) is 50.6 Å². The highest BCUT2D eigenvalue weighted by molar-refractivity contribution is 6.33. The van der Waals surface area contributed by atoms with Gasteiger partial charge in [-0.05, 0) is 35.2 Å². The fraction of sp³-hybridized carbons (Fsp3) is 0.217. The summed E-state index contributed by atoms with van der Waals surface area (Å²) in [5.74, 6) is 0.887. The number of halogens is 1. The van der Waals surface area contributed by atoms with E-state index in [1.165, 1.54) is 24.4 Å². The van der Waals surface area contributed by atoms with Gasteiger partial charge in [-0.3, -0.25) is 14.9 Å². The lowest BCUT2D eigenvalue weighted by molar-refractivity contribution is -0.384. The molecule has 0 unspecified atom stereocenters. The topological polar surface area (TPSA) is 107 Å². The van der Waals surface area contributed by atoms with Crippen molar-refractivity contribution in [1.82, 2.24) is 5.43 Å². The number of nitrogens with one attached hydrogen (secondary N) is 1. The van der Waals surface area contributed by atoms with Gasteiger partial charge in [-0.15, -0.1) is 0 Å². The van der Waals surface area contributed by atoms with Crippen LogP contribution in [0.5, 0.6) is 5.75 Å². The maximum atomic E-state index is 12.1. The number of nitrogens with zero attached hydrogens (tertiary/aromatic N) is 2. The van der Waals surface area contributed by atoms with Crippen molar-refractivity contribution in [1.29, 1.82) is 0 Å². The van der Waals surface area contributed by atoms with Gasteiger partial charge in [0.1, 0.15) is 17.3 Å². The highest BCUT2D eigenvalue weighted by Gasteiger charge is 2.19. The van der Waals surface area contributed by atoms with E-state index in [0.717, 1.165) is 5.56 Å². The summed E-state index contributed by atoms with van der Waals surface area (Å²) in [6, 6.07) is 14.9. The number of benzene rings is 2. The molecule has 9 heteroatoms. The van der Waals surface area contributed by atoms with Crippen LogP contribution in [0.4, 0.5) is 5.69 Å². The first-order chi connectivity index (χ1) is 15.1. The molecule has 0 radical (unpaired) electrons. The predicted octanol–water partition coefficient (Wildman–Crippen LogP) is 5.33. The number of non-ortho nitro benzene ring substituents is 1. The Labute approximate surface area is 190 Å². The molecule has 32 heavy (non-hydrogen) atoms. The molecule has 0 fully saturated rings. The Morgan fingerprint density at radius 2 is 1.97 bits per heavy atom. The second-order valence-corrected chi connectivity index (χ2v) is 8.36. The average molecular weight is 456 g/mol. The minimum Gasteiger partial charge on any atom is -0.483 e. The Kier molecular flexibility index (Phi) is 6.95. The molecule has 3 aromatic rings. The summed E-state index contributed by atoms with van der Waals surface area (Å²) in [5.41, 5.74) is 3.54. The Morgan fingerprint density at radius 1 is 1.22 bits per heavy atom. The Bertz CT molecular complexity index is 1160. The van der Waals surface area contributed by atoms with Crippen LogP contribution >= 0.6 is 11.6 Å². The van der Waals surface area contributed by atoms with E-state index in [-0.39, 0.29) is 17.7 Å². The van der Waals surface area contributed by atoms with Crippen molar-refractivity contribution in [2.75, 3.05) is 6.61 Å². The number of amides is 1. The van der Waals surface area contributed by atoms with E-state index in [1.54, 1.807) is 12.1 Å². The van der Waals surface area contributed by atoms with Crippen molar-refractivity contribution < 1.29 is 18.9 Å². The summed E-state index contributed by atoms with van der Waals surface area (Å²) in [6.07, 6.45) is 1.32. The van der Waals surface area contributed by atoms with E-state index in [0.29, 0.717) is 27.9 Å². The number of furan rings is 1. The van der Waals surface area contributed by atoms with Crippen LogP contribution in [0.3, 0.4) is 0 Å². The van der Waals surface area contributed by atoms with E-state index in [2.05, 4.69) is 31.3 Å². The fourth-order valence-corrected chi connectivity index (χ4v) is 3.15. The summed E-state index contributed by atoms with van der Waals surface area (Å²) in [4.78, 5) is 22.5. The molecular formula is C23H22ClN3O5. The first kappa shape index (κ1) is 23.0. The first-order valence-electron chi connectivity index (χ1n) is 9.73. The summed E-state index contributed by atoms with van der Waals surface area (Å²) in [7, 11) is 0. The molecule has 1 amide bonds. The number of nitro benzene ring substituents is 1. The van der Waals surface area contributed by atoms with Crippen molar-refractivity contribution in [3.05, 3.63) is 81.1 Å². The van der Waals surface area contributed by atoms with Crippen molar-refractivity contribution in [2.24, 2.45) is 5.10 Å². The molecule has 0 saturated carbocycles. The molecule has 0 bridgehead atoms. The van der Waals surface area contributed by atoms with Gasteiger partial charge in [0, 0.05) is 17.7 Å². The number of nitro groups is 1. The van der Waals surface area contributed by atoms with Gasteiger partial charge in [0.2, 0.25) is 0 Å². The lowest BCUT2D eigenvalue weighted by Crippen LogP contribution is -2.25. The Hall–Kier alpha value is -3.65. The zero-order chi connectivity index (χ0) is 23.3. The van der Waals surface area contributed by atoms with E-state index in [9.17, 15) is 14.9 Å². The number of hydrogen-bond acceptors (Lipinski definition) is 6. The minimum atomic E-state index is -0.511. The lowest BCUT2D eigenvalue weighted by Gasteiger charge is -2.22. The number of ether oxygens (including phenoxy) is 1. The van der Waals surface area contributed by atoms with Gasteiger partial charge in [0.25, 0.3) is 11.6 Å². The maximum Gasteiger partial charge on any atom is 0.277 e. The monoisotopic (exact) mass is 455 g/mol. The Morgan fingerprint density at radius 3 is 2.69 bits per heavy atom. The van der Waals surface area contributed by atoms with Crippen LogP contribution < -0.4 is 10.2 Å². The number of carbonyl (C=O) groups is 1. The van der Waals surface area contributed by atoms with Gasteiger partial charge in [0.15, 0.2) is 6.61 Å². The molecule has 1 heterocycles. The molecule has 1 N–H and O–H groups in total. The average Bonchev–Trinajstić information content (AvgIpc) is 3.20.